The third-order valence-electron chi connectivity index (χ3n) is 0.919. The minimum Gasteiger partial charge on any atom is -0.325 e. The number of halogens is 1. The largest absolute Gasteiger partial charge is 0.325 e. The fraction of sp³-hybridized carbons (Fsp3) is 0. The van der Waals surface area contributed by atoms with Gasteiger partial charge >= 0.3 is 0 Å². The molecule has 0 bridgehead atoms. The molecular formula is C6H5ClOS. The van der Waals surface area contributed by atoms with E-state index < -0.39 is 0 Å². The molecule has 1 nitrogen and oxygen atoms in total. The van der Waals surface area contributed by atoms with Gasteiger partial charge in [-0.3, -0.25) is 0 Å². The number of rotatable bonds is 1. The molecule has 1 aromatic rings. The SMILES string of the molecule is OSc1ccc(Cl)cc1. The van der Waals surface area contributed by atoms with Crippen molar-refractivity contribution < 1.29 is 4.55 Å². The average molecular weight is 161 g/mol. The first-order valence-corrected chi connectivity index (χ1v) is 3.55. The molecule has 0 saturated heterocycles. The van der Waals surface area contributed by atoms with Gasteiger partial charge in [0.1, 0.15) is 0 Å². The van der Waals surface area contributed by atoms with Crippen molar-refractivity contribution in [3.8, 4) is 0 Å². The summed E-state index contributed by atoms with van der Waals surface area (Å²) in [6.07, 6.45) is 0. The molecule has 9 heavy (non-hydrogen) atoms. The molecule has 1 N–H and O–H groups in total. The Balaban J connectivity index is 2.88. The van der Waals surface area contributed by atoms with Gasteiger partial charge in [0.25, 0.3) is 0 Å². The summed E-state index contributed by atoms with van der Waals surface area (Å²) < 4.78 is 8.50. The standard InChI is InChI=1S/C6H5ClOS/c7-5-1-3-6(9-8)4-2-5/h1-4,8H. The third-order valence-corrected chi connectivity index (χ3v) is 1.65. The second-order valence-electron chi connectivity index (χ2n) is 1.55. The molecule has 1 rings (SSSR count). The highest BCUT2D eigenvalue weighted by Gasteiger charge is 1.88. The van der Waals surface area contributed by atoms with Gasteiger partial charge in [-0.05, 0) is 24.3 Å². The van der Waals surface area contributed by atoms with Crippen molar-refractivity contribution in [2.24, 2.45) is 0 Å². The van der Waals surface area contributed by atoms with E-state index in [9.17, 15) is 0 Å². The van der Waals surface area contributed by atoms with Gasteiger partial charge < -0.3 is 4.55 Å². The first kappa shape index (κ1) is 6.93. The summed E-state index contributed by atoms with van der Waals surface area (Å²) >= 11 is 6.30. The van der Waals surface area contributed by atoms with Crippen LogP contribution in [0.4, 0.5) is 0 Å². The number of benzene rings is 1. The second-order valence-corrected chi connectivity index (χ2v) is 2.64. The molecule has 3 heteroatoms. The van der Waals surface area contributed by atoms with Crippen LogP contribution in [0, 0.1) is 0 Å². The Kier molecular flexibility index (Phi) is 2.39. The van der Waals surface area contributed by atoms with Gasteiger partial charge in [-0.2, -0.15) is 0 Å². The zero-order valence-electron chi connectivity index (χ0n) is 4.54. The average Bonchev–Trinajstić information content (AvgIpc) is 1.90. The van der Waals surface area contributed by atoms with Crippen LogP contribution in [0.2, 0.25) is 5.02 Å². The van der Waals surface area contributed by atoms with Crippen molar-refractivity contribution in [1.29, 1.82) is 0 Å². The van der Waals surface area contributed by atoms with Crippen molar-refractivity contribution in [3.05, 3.63) is 29.3 Å². The van der Waals surface area contributed by atoms with Gasteiger partial charge in [-0.25, -0.2) is 0 Å². The van der Waals surface area contributed by atoms with Crippen LogP contribution in [-0.4, -0.2) is 4.55 Å². The molecule has 0 atom stereocenters. The van der Waals surface area contributed by atoms with Gasteiger partial charge in [-0.15, -0.1) is 0 Å². The molecule has 0 radical (unpaired) electrons. The molecule has 0 aromatic heterocycles. The Bertz CT molecular complexity index is 185. The maximum atomic E-state index is 8.50. The molecule has 0 amide bonds. The van der Waals surface area contributed by atoms with Crippen LogP contribution in [0.1, 0.15) is 0 Å². The minimum absolute atomic E-state index is 0.688. The van der Waals surface area contributed by atoms with Crippen LogP contribution in [0.5, 0.6) is 0 Å². The number of hydrogen-bond donors (Lipinski definition) is 1. The Morgan fingerprint density at radius 1 is 1.22 bits per heavy atom. The van der Waals surface area contributed by atoms with Gasteiger partial charge in [0, 0.05) is 22.0 Å². The summed E-state index contributed by atoms with van der Waals surface area (Å²) in [4.78, 5) is 0.805. The lowest BCUT2D eigenvalue weighted by Crippen LogP contribution is -1.66. The number of hydrogen-bond acceptors (Lipinski definition) is 2. The summed E-state index contributed by atoms with van der Waals surface area (Å²) in [6.45, 7) is 0. The third kappa shape index (κ3) is 1.90. The van der Waals surface area contributed by atoms with Gasteiger partial charge in [0.2, 0.25) is 0 Å². The van der Waals surface area contributed by atoms with Crippen LogP contribution >= 0.6 is 23.6 Å². The van der Waals surface area contributed by atoms with Crippen molar-refractivity contribution >= 4 is 23.6 Å². The summed E-state index contributed by atoms with van der Waals surface area (Å²) in [7, 11) is 0. The maximum absolute atomic E-state index is 8.50. The first-order chi connectivity index (χ1) is 4.33. The maximum Gasteiger partial charge on any atom is 0.0406 e. The highest BCUT2D eigenvalue weighted by atomic mass is 35.5. The fourth-order valence-corrected chi connectivity index (χ4v) is 0.879. The molecule has 0 heterocycles. The van der Waals surface area contributed by atoms with E-state index in [0.717, 1.165) is 16.9 Å². The quantitative estimate of drug-likeness (QED) is 0.638. The summed E-state index contributed by atoms with van der Waals surface area (Å²) in [5.74, 6) is 0. The first-order valence-electron chi connectivity index (χ1n) is 2.40. The predicted molar refractivity (Wildman–Crippen MR) is 39.9 cm³/mol. The van der Waals surface area contributed by atoms with E-state index in [-0.39, 0.29) is 0 Å². The molecule has 0 unspecified atom stereocenters. The van der Waals surface area contributed by atoms with Crippen molar-refractivity contribution in [2.45, 2.75) is 4.90 Å². The molecule has 0 saturated carbocycles. The van der Waals surface area contributed by atoms with Crippen LogP contribution in [0.3, 0.4) is 0 Å². The normalized spacial score (nSPS) is 9.56. The van der Waals surface area contributed by atoms with E-state index in [0.29, 0.717) is 5.02 Å². The lowest BCUT2D eigenvalue weighted by atomic mass is 10.4. The molecule has 0 spiro atoms. The van der Waals surface area contributed by atoms with Crippen molar-refractivity contribution in [3.63, 3.8) is 0 Å². The molecule has 0 aliphatic carbocycles. The van der Waals surface area contributed by atoms with Crippen molar-refractivity contribution in [2.75, 3.05) is 0 Å². The minimum atomic E-state index is 0.688. The molecule has 0 aliphatic heterocycles. The molecule has 48 valence electrons. The van der Waals surface area contributed by atoms with Crippen molar-refractivity contribution in [1.82, 2.24) is 0 Å². The van der Waals surface area contributed by atoms with E-state index in [4.69, 9.17) is 16.2 Å². The monoisotopic (exact) mass is 160 g/mol. The van der Waals surface area contributed by atoms with E-state index in [2.05, 4.69) is 0 Å². The topological polar surface area (TPSA) is 20.2 Å². The van der Waals surface area contributed by atoms with E-state index in [1.54, 1.807) is 24.3 Å². The van der Waals surface area contributed by atoms with Gasteiger partial charge in [0.05, 0.1) is 0 Å². The Hall–Kier alpha value is -0.180. The Labute approximate surface area is 62.9 Å². The molecule has 0 fully saturated rings. The van der Waals surface area contributed by atoms with E-state index >= 15 is 0 Å². The second kappa shape index (κ2) is 3.11. The van der Waals surface area contributed by atoms with E-state index in [1.165, 1.54) is 0 Å². The molecule has 1 aromatic carbocycles. The highest BCUT2D eigenvalue weighted by Crippen LogP contribution is 2.16. The highest BCUT2D eigenvalue weighted by molar-refractivity contribution is 7.93. The van der Waals surface area contributed by atoms with Crippen LogP contribution in [0.15, 0.2) is 29.2 Å². The smallest absolute Gasteiger partial charge is 0.0406 e. The van der Waals surface area contributed by atoms with Gasteiger partial charge in [0.15, 0.2) is 0 Å². The van der Waals surface area contributed by atoms with E-state index in [1.807, 2.05) is 0 Å². The summed E-state index contributed by atoms with van der Waals surface area (Å²) in [5, 5.41) is 0.688. The summed E-state index contributed by atoms with van der Waals surface area (Å²) in [5.41, 5.74) is 0. The fourth-order valence-electron chi connectivity index (χ4n) is 0.495. The predicted octanol–water partition coefficient (Wildman–Crippen LogP) is 2.91. The zero-order chi connectivity index (χ0) is 6.69. The molecule has 0 aliphatic rings. The molecular weight excluding hydrogens is 156 g/mol. The lowest BCUT2D eigenvalue weighted by Gasteiger charge is -1.91. The van der Waals surface area contributed by atoms with Crippen LogP contribution in [0.25, 0.3) is 0 Å². The lowest BCUT2D eigenvalue weighted by molar-refractivity contribution is 0.664. The Morgan fingerprint density at radius 2 is 1.78 bits per heavy atom. The summed E-state index contributed by atoms with van der Waals surface area (Å²) in [6, 6.07) is 6.99. The zero-order valence-corrected chi connectivity index (χ0v) is 6.12. The van der Waals surface area contributed by atoms with Crippen LogP contribution in [-0.2, 0) is 0 Å². The van der Waals surface area contributed by atoms with Gasteiger partial charge in [-0.1, -0.05) is 11.6 Å². The van der Waals surface area contributed by atoms with Crippen LogP contribution < -0.4 is 0 Å². The Morgan fingerprint density at radius 3 is 2.22 bits per heavy atom.